The summed E-state index contributed by atoms with van der Waals surface area (Å²) < 4.78 is 5.60. The zero-order chi connectivity index (χ0) is 25.4. The van der Waals surface area contributed by atoms with Crippen LogP contribution in [0.4, 0.5) is 4.79 Å². The van der Waals surface area contributed by atoms with E-state index < -0.39 is 18.1 Å². The molecule has 188 valence electrons. The number of carboxylic acid groups (broad SMARTS) is 1. The molecular formula is C27H34N2O5S. The Morgan fingerprint density at radius 1 is 1.03 bits per heavy atom. The Hall–Kier alpha value is -3.00. The van der Waals surface area contributed by atoms with E-state index in [-0.39, 0.29) is 43.2 Å². The number of fused-ring (bicyclic) bond motifs is 3. The number of carboxylic acids is 1. The van der Waals surface area contributed by atoms with E-state index in [4.69, 9.17) is 9.84 Å². The number of nitrogens with one attached hydrogen (secondary N) is 2. The molecule has 3 N–H and O–H groups in total. The van der Waals surface area contributed by atoms with Gasteiger partial charge in [0, 0.05) is 12.5 Å². The minimum Gasteiger partial charge on any atom is -0.481 e. The van der Waals surface area contributed by atoms with Crippen LogP contribution < -0.4 is 10.6 Å². The minimum absolute atomic E-state index is 0.0206. The second-order valence-corrected chi connectivity index (χ2v) is 10.1. The van der Waals surface area contributed by atoms with E-state index in [0.717, 1.165) is 22.3 Å². The van der Waals surface area contributed by atoms with E-state index in [1.54, 1.807) is 11.8 Å². The van der Waals surface area contributed by atoms with Crippen molar-refractivity contribution < 1.29 is 24.2 Å². The largest absolute Gasteiger partial charge is 0.481 e. The van der Waals surface area contributed by atoms with Crippen molar-refractivity contribution in [3.8, 4) is 11.1 Å². The predicted molar refractivity (Wildman–Crippen MR) is 139 cm³/mol. The molecule has 0 fully saturated rings. The predicted octanol–water partition coefficient (Wildman–Crippen LogP) is 4.51. The molecule has 35 heavy (non-hydrogen) atoms. The van der Waals surface area contributed by atoms with Gasteiger partial charge in [0.25, 0.3) is 0 Å². The Morgan fingerprint density at radius 2 is 1.63 bits per heavy atom. The van der Waals surface area contributed by atoms with Gasteiger partial charge < -0.3 is 20.5 Å². The third-order valence-corrected chi connectivity index (χ3v) is 7.12. The molecule has 2 aromatic carbocycles. The number of amides is 2. The van der Waals surface area contributed by atoms with Gasteiger partial charge in [-0.25, -0.2) is 4.79 Å². The highest BCUT2D eigenvalue weighted by atomic mass is 32.2. The Kier molecular flexibility index (Phi) is 9.60. The van der Waals surface area contributed by atoms with Gasteiger partial charge in [-0.05, 0) is 52.5 Å². The fraction of sp³-hybridized carbons (Fsp3) is 0.444. The summed E-state index contributed by atoms with van der Waals surface area (Å²) in [5.41, 5.74) is 4.54. The molecule has 2 aromatic rings. The molecule has 0 saturated heterocycles. The van der Waals surface area contributed by atoms with Gasteiger partial charge in [-0.2, -0.15) is 11.8 Å². The van der Waals surface area contributed by atoms with E-state index in [1.807, 2.05) is 44.4 Å². The van der Waals surface area contributed by atoms with Gasteiger partial charge in [-0.1, -0.05) is 62.4 Å². The normalized spacial score (nSPS) is 14.1. The Balaban J connectivity index is 1.60. The summed E-state index contributed by atoms with van der Waals surface area (Å²) in [7, 11) is 0. The van der Waals surface area contributed by atoms with Crippen LogP contribution in [-0.4, -0.2) is 54.3 Å². The van der Waals surface area contributed by atoms with Gasteiger partial charge in [-0.15, -0.1) is 0 Å². The molecule has 1 aliphatic carbocycles. The van der Waals surface area contributed by atoms with Crippen LogP contribution in [0.15, 0.2) is 48.5 Å². The number of hydrogen-bond acceptors (Lipinski definition) is 5. The second kappa shape index (κ2) is 12.6. The molecule has 2 unspecified atom stereocenters. The molecule has 2 atom stereocenters. The van der Waals surface area contributed by atoms with Crippen molar-refractivity contribution in [3.63, 3.8) is 0 Å². The third kappa shape index (κ3) is 7.01. The molecule has 0 bridgehead atoms. The zero-order valence-electron chi connectivity index (χ0n) is 20.5. The molecule has 0 saturated carbocycles. The number of alkyl carbamates (subject to hydrolysis) is 1. The van der Waals surface area contributed by atoms with Crippen molar-refractivity contribution in [1.82, 2.24) is 10.6 Å². The highest BCUT2D eigenvalue weighted by molar-refractivity contribution is 7.98. The lowest BCUT2D eigenvalue weighted by Crippen LogP contribution is -2.48. The number of benzene rings is 2. The number of aliphatic carboxylic acids is 1. The van der Waals surface area contributed by atoms with Gasteiger partial charge in [0.2, 0.25) is 5.91 Å². The van der Waals surface area contributed by atoms with Gasteiger partial charge in [0.05, 0.1) is 6.42 Å². The van der Waals surface area contributed by atoms with Crippen molar-refractivity contribution in [2.24, 2.45) is 11.8 Å². The molecule has 8 heteroatoms. The first kappa shape index (κ1) is 26.6. The van der Waals surface area contributed by atoms with E-state index in [0.29, 0.717) is 12.2 Å². The third-order valence-electron chi connectivity index (χ3n) is 6.48. The Bertz CT molecular complexity index is 996. The highest BCUT2D eigenvalue weighted by Crippen LogP contribution is 2.44. The zero-order valence-corrected chi connectivity index (χ0v) is 21.3. The standard InChI is InChI=1S/C27H34N2O5S/c1-17(2)18(14-25(30)31)15-28-26(32)24(12-13-35-3)29-27(33)34-16-23-21-10-6-4-8-19(21)20-9-5-7-11-22(20)23/h4-11,17-18,23-24H,12-16H2,1-3H3,(H,28,32)(H,29,33)(H,30,31). The van der Waals surface area contributed by atoms with Crippen LogP contribution in [0.1, 0.15) is 43.7 Å². The van der Waals surface area contributed by atoms with Gasteiger partial charge >= 0.3 is 12.1 Å². The van der Waals surface area contributed by atoms with Crippen molar-refractivity contribution in [2.75, 3.05) is 25.2 Å². The molecule has 7 nitrogen and oxygen atoms in total. The van der Waals surface area contributed by atoms with Crippen LogP contribution in [0.2, 0.25) is 0 Å². The van der Waals surface area contributed by atoms with Crippen LogP contribution in [-0.2, 0) is 14.3 Å². The molecule has 0 radical (unpaired) electrons. The Morgan fingerprint density at radius 3 is 2.17 bits per heavy atom. The van der Waals surface area contributed by atoms with E-state index in [1.165, 1.54) is 0 Å². The van der Waals surface area contributed by atoms with Crippen molar-refractivity contribution in [1.29, 1.82) is 0 Å². The number of carbonyl (C=O) groups excluding carboxylic acids is 2. The molecule has 3 rings (SSSR count). The van der Waals surface area contributed by atoms with Gasteiger partial charge in [0.15, 0.2) is 0 Å². The van der Waals surface area contributed by atoms with Crippen LogP contribution in [0.25, 0.3) is 11.1 Å². The average molecular weight is 499 g/mol. The summed E-state index contributed by atoms with van der Waals surface area (Å²) in [6.45, 7) is 4.27. The molecule has 2 amide bonds. The quantitative estimate of drug-likeness (QED) is 0.398. The summed E-state index contributed by atoms with van der Waals surface area (Å²) >= 11 is 1.58. The van der Waals surface area contributed by atoms with Crippen LogP contribution in [0.5, 0.6) is 0 Å². The molecule has 0 aromatic heterocycles. The molecule has 0 aliphatic heterocycles. The summed E-state index contributed by atoms with van der Waals surface area (Å²) in [5.74, 6) is -0.685. The van der Waals surface area contributed by atoms with E-state index in [9.17, 15) is 14.4 Å². The number of thioether (sulfide) groups is 1. The van der Waals surface area contributed by atoms with E-state index in [2.05, 4.69) is 34.9 Å². The number of carbonyl (C=O) groups is 3. The molecule has 0 heterocycles. The summed E-state index contributed by atoms with van der Waals surface area (Å²) in [4.78, 5) is 36.7. The van der Waals surface area contributed by atoms with Crippen LogP contribution in [0.3, 0.4) is 0 Å². The first-order valence-electron chi connectivity index (χ1n) is 11.9. The maximum atomic E-state index is 12.8. The van der Waals surface area contributed by atoms with Crippen molar-refractivity contribution in [2.45, 2.75) is 38.6 Å². The van der Waals surface area contributed by atoms with Crippen LogP contribution in [0, 0.1) is 11.8 Å². The number of rotatable bonds is 12. The topological polar surface area (TPSA) is 105 Å². The summed E-state index contributed by atoms with van der Waals surface area (Å²) in [6.07, 6.45) is 1.72. The first-order valence-corrected chi connectivity index (χ1v) is 13.3. The number of ether oxygens (including phenoxy) is 1. The van der Waals surface area contributed by atoms with Crippen LogP contribution >= 0.6 is 11.8 Å². The fourth-order valence-corrected chi connectivity index (χ4v) is 4.88. The lowest BCUT2D eigenvalue weighted by Gasteiger charge is -2.23. The molecule has 0 spiro atoms. The van der Waals surface area contributed by atoms with Crippen molar-refractivity contribution in [3.05, 3.63) is 59.7 Å². The summed E-state index contributed by atoms with van der Waals surface area (Å²) in [6, 6.07) is 15.5. The highest BCUT2D eigenvalue weighted by Gasteiger charge is 2.30. The second-order valence-electron chi connectivity index (χ2n) is 9.15. The van der Waals surface area contributed by atoms with Gasteiger partial charge in [-0.3, -0.25) is 9.59 Å². The monoisotopic (exact) mass is 498 g/mol. The van der Waals surface area contributed by atoms with Crippen molar-refractivity contribution >= 4 is 29.7 Å². The fourth-order valence-electron chi connectivity index (χ4n) is 4.41. The first-order chi connectivity index (χ1) is 16.8. The maximum Gasteiger partial charge on any atom is 0.407 e. The lowest BCUT2D eigenvalue weighted by molar-refractivity contribution is -0.138. The minimum atomic E-state index is -0.895. The molecule has 1 aliphatic rings. The van der Waals surface area contributed by atoms with Gasteiger partial charge in [0.1, 0.15) is 12.6 Å². The summed E-state index contributed by atoms with van der Waals surface area (Å²) in [5, 5.41) is 14.7. The number of hydrogen-bond donors (Lipinski definition) is 3. The average Bonchev–Trinajstić information content (AvgIpc) is 3.16. The molecular weight excluding hydrogens is 464 g/mol. The Labute approximate surface area is 211 Å². The smallest absolute Gasteiger partial charge is 0.407 e. The maximum absolute atomic E-state index is 12.8. The van der Waals surface area contributed by atoms with E-state index >= 15 is 0 Å². The lowest BCUT2D eigenvalue weighted by atomic mass is 9.92. The SMILES string of the molecule is CSCCC(NC(=O)OCC1c2ccccc2-c2ccccc21)C(=O)NCC(CC(=O)O)C(C)C.